The summed E-state index contributed by atoms with van der Waals surface area (Å²) < 4.78 is 7.07. The van der Waals surface area contributed by atoms with Crippen molar-refractivity contribution in [3.8, 4) is 11.1 Å². The van der Waals surface area contributed by atoms with Gasteiger partial charge in [-0.1, -0.05) is 35.5 Å². The quantitative estimate of drug-likeness (QED) is 0.247. The lowest BCUT2D eigenvalue weighted by Crippen LogP contribution is -2.47. The minimum absolute atomic E-state index is 0.165. The van der Waals surface area contributed by atoms with Gasteiger partial charge in [-0.2, -0.15) is 0 Å². The number of halogens is 1. The summed E-state index contributed by atoms with van der Waals surface area (Å²) in [6.07, 6.45) is 9.26. The summed E-state index contributed by atoms with van der Waals surface area (Å²) in [5, 5.41) is 15.5. The molecule has 4 aliphatic rings. The molecule has 4 fully saturated rings. The number of hydrogen-bond donors (Lipinski definition) is 1. The SMILES string of the molecule is COC(=O)c1c(-c2ccc(Cl)cc2)csc1NC(=O)CSc1nnc(CC23CC4CC(CC(C4)C2)C3)n1C. The van der Waals surface area contributed by atoms with Crippen LogP contribution in [-0.4, -0.2) is 39.5 Å². The van der Waals surface area contributed by atoms with Gasteiger partial charge >= 0.3 is 5.97 Å². The number of carbonyl (C=O) groups excluding carboxylic acids is 2. The summed E-state index contributed by atoms with van der Waals surface area (Å²) in [6.45, 7) is 0. The Morgan fingerprint density at radius 3 is 2.42 bits per heavy atom. The number of hydrogen-bond acceptors (Lipinski definition) is 7. The highest BCUT2D eigenvalue weighted by Gasteiger charge is 2.51. The second kappa shape index (κ2) is 10.3. The molecule has 1 N–H and O–H groups in total. The van der Waals surface area contributed by atoms with Gasteiger partial charge in [0.25, 0.3) is 0 Å². The van der Waals surface area contributed by atoms with Crippen LogP contribution in [0.4, 0.5) is 5.00 Å². The van der Waals surface area contributed by atoms with Crippen LogP contribution in [0.15, 0.2) is 34.8 Å². The van der Waals surface area contributed by atoms with Gasteiger partial charge in [0.15, 0.2) is 5.16 Å². The maximum absolute atomic E-state index is 12.9. The number of aromatic nitrogens is 3. The van der Waals surface area contributed by atoms with E-state index in [0.29, 0.717) is 26.6 Å². The average molecular weight is 571 g/mol. The van der Waals surface area contributed by atoms with Gasteiger partial charge in [-0.05, 0) is 79.4 Å². The molecular formula is C28H31ClN4O3S2. The summed E-state index contributed by atoms with van der Waals surface area (Å²) in [4.78, 5) is 25.5. The van der Waals surface area contributed by atoms with E-state index in [1.807, 2.05) is 24.6 Å². The number of nitrogens with zero attached hydrogens (tertiary/aromatic N) is 3. The summed E-state index contributed by atoms with van der Waals surface area (Å²) in [5.41, 5.74) is 2.26. The van der Waals surface area contributed by atoms with Gasteiger partial charge in [0.2, 0.25) is 5.91 Å². The predicted octanol–water partition coefficient (Wildman–Crippen LogP) is 6.47. The molecule has 10 heteroatoms. The molecule has 0 unspecified atom stereocenters. The Labute approximate surface area is 235 Å². The van der Waals surface area contributed by atoms with Gasteiger partial charge in [0.1, 0.15) is 16.4 Å². The number of carbonyl (C=O) groups is 2. The van der Waals surface area contributed by atoms with Crippen LogP contribution in [0.3, 0.4) is 0 Å². The fourth-order valence-electron chi connectivity index (χ4n) is 7.36. The first kappa shape index (κ1) is 25.9. The van der Waals surface area contributed by atoms with E-state index in [1.54, 1.807) is 12.1 Å². The lowest BCUT2D eigenvalue weighted by Gasteiger charge is -2.56. The van der Waals surface area contributed by atoms with Crippen LogP contribution < -0.4 is 5.32 Å². The highest BCUT2D eigenvalue weighted by atomic mass is 35.5. The summed E-state index contributed by atoms with van der Waals surface area (Å²) in [6, 6.07) is 7.21. The van der Waals surface area contributed by atoms with Crippen LogP contribution in [-0.2, 0) is 23.0 Å². The summed E-state index contributed by atoms with van der Waals surface area (Å²) in [5.74, 6) is 3.18. The van der Waals surface area contributed by atoms with Crippen LogP contribution in [0, 0.1) is 23.2 Å². The van der Waals surface area contributed by atoms with Gasteiger partial charge in [0.05, 0.1) is 12.9 Å². The Balaban J connectivity index is 1.11. The third-order valence-corrected chi connectivity index (χ3v) is 10.7. The van der Waals surface area contributed by atoms with E-state index in [4.69, 9.17) is 16.3 Å². The van der Waals surface area contributed by atoms with Crippen LogP contribution in [0.25, 0.3) is 11.1 Å². The van der Waals surface area contributed by atoms with Crippen LogP contribution in [0.1, 0.15) is 54.7 Å². The number of thioether (sulfide) groups is 1. The molecule has 2 heterocycles. The molecule has 1 aromatic carbocycles. The lowest BCUT2D eigenvalue weighted by molar-refractivity contribution is -0.113. The highest BCUT2D eigenvalue weighted by Crippen LogP contribution is 2.61. The van der Waals surface area contributed by atoms with E-state index in [0.717, 1.165) is 40.7 Å². The number of anilines is 1. The van der Waals surface area contributed by atoms with Gasteiger partial charge < -0.3 is 14.6 Å². The number of ether oxygens (including phenoxy) is 1. The Kier molecular flexibility index (Phi) is 7.03. The van der Waals surface area contributed by atoms with Crippen molar-refractivity contribution in [2.75, 3.05) is 18.2 Å². The van der Waals surface area contributed by atoms with E-state index < -0.39 is 5.97 Å². The van der Waals surface area contributed by atoms with Crippen molar-refractivity contribution < 1.29 is 14.3 Å². The molecule has 1 amide bonds. The maximum atomic E-state index is 12.9. The van der Waals surface area contributed by atoms with Crippen molar-refractivity contribution in [2.24, 2.45) is 30.2 Å². The maximum Gasteiger partial charge on any atom is 0.341 e. The minimum atomic E-state index is -0.498. The molecule has 2 aromatic heterocycles. The molecule has 0 atom stereocenters. The largest absolute Gasteiger partial charge is 0.465 e. The molecule has 4 bridgehead atoms. The molecule has 4 aliphatic carbocycles. The number of amides is 1. The molecule has 7 nitrogen and oxygen atoms in total. The third kappa shape index (κ3) is 5.00. The van der Waals surface area contributed by atoms with E-state index in [1.165, 1.54) is 68.7 Å². The summed E-state index contributed by atoms with van der Waals surface area (Å²) >= 11 is 8.68. The van der Waals surface area contributed by atoms with E-state index in [2.05, 4.69) is 20.1 Å². The molecular weight excluding hydrogens is 540 g/mol. The van der Waals surface area contributed by atoms with E-state index in [9.17, 15) is 9.59 Å². The zero-order chi connectivity index (χ0) is 26.4. The van der Waals surface area contributed by atoms with Crippen LogP contribution >= 0.6 is 34.7 Å². The smallest absolute Gasteiger partial charge is 0.341 e. The molecule has 200 valence electrons. The van der Waals surface area contributed by atoms with Crippen molar-refractivity contribution >= 4 is 51.6 Å². The topological polar surface area (TPSA) is 86.1 Å². The predicted molar refractivity (Wildman–Crippen MR) is 151 cm³/mol. The Morgan fingerprint density at radius 1 is 1.13 bits per heavy atom. The van der Waals surface area contributed by atoms with E-state index in [-0.39, 0.29) is 11.7 Å². The first-order valence-corrected chi connectivity index (χ1v) is 15.3. The zero-order valence-corrected chi connectivity index (χ0v) is 23.9. The summed E-state index contributed by atoms with van der Waals surface area (Å²) in [7, 11) is 3.34. The molecule has 3 aromatic rings. The van der Waals surface area contributed by atoms with Crippen molar-refractivity contribution in [1.29, 1.82) is 0 Å². The van der Waals surface area contributed by atoms with Crippen molar-refractivity contribution in [1.82, 2.24) is 14.8 Å². The molecule has 0 spiro atoms. The number of rotatable bonds is 8. The average Bonchev–Trinajstić information content (AvgIpc) is 3.45. The highest BCUT2D eigenvalue weighted by molar-refractivity contribution is 7.99. The van der Waals surface area contributed by atoms with Gasteiger partial charge in [-0.3, -0.25) is 4.79 Å². The monoisotopic (exact) mass is 570 g/mol. The van der Waals surface area contributed by atoms with Gasteiger partial charge in [0, 0.05) is 29.4 Å². The number of thiophene rings is 1. The zero-order valence-electron chi connectivity index (χ0n) is 21.5. The van der Waals surface area contributed by atoms with Crippen molar-refractivity contribution in [3.63, 3.8) is 0 Å². The second-order valence-corrected chi connectivity index (χ2v) is 13.5. The number of esters is 1. The molecule has 0 radical (unpaired) electrons. The number of methoxy groups -OCH3 is 1. The molecule has 38 heavy (non-hydrogen) atoms. The standard InChI is InChI=1S/C28H31ClN4O3S2/c1-33-22(13-28-10-16-7-17(11-28)9-18(8-16)12-28)31-32-27(33)38-15-23(34)30-25-24(26(35)36-2)21(14-37-25)19-3-5-20(29)6-4-19/h3-6,14,16-18H,7-13,15H2,1-2H3,(H,30,34). The van der Waals surface area contributed by atoms with Crippen molar-refractivity contribution in [3.05, 3.63) is 46.1 Å². The van der Waals surface area contributed by atoms with Crippen LogP contribution in [0.2, 0.25) is 5.02 Å². The third-order valence-electron chi connectivity index (χ3n) is 8.54. The Bertz CT molecular complexity index is 1330. The first-order chi connectivity index (χ1) is 18.3. The fourth-order valence-corrected chi connectivity index (χ4v) is 9.19. The normalized spacial score (nSPS) is 25.5. The first-order valence-electron chi connectivity index (χ1n) is 13.1. The minimum Gasteiger partial charge on any atom is -0.465 e. The molecule has 0 saturated heterocycles. The lowest BCUT2D eigenvalue weighted by atomic mass is 9.49. The Morgan fingerprint density at radius 2 is 1.79 bits per heavy atom. The van der Waals surface area contributed by atoms with Crippen LogP contribution in [0.5, 0.6) is 0 Å². The van der Waals surface area contributed by atoms with Gasteiger partial charge in [-0.15, -0.1) is 21.5 Å². The second-order valence-electron chi connectivity index (χ2n) is 11.2. The van der Waals surface area contributed by atoms with E-state index >= 15 is 0 Å². The fraction of sp³-hybridized carbons (Fsp3) is 0.500. The molecule has 4 saturated carbocycles. The molecule has 0 aliphatic heterocycles. The number of nitrogens with one attached hydrogen (secondary N) is 1. The number of benzene rings is 1. The Hall–Kier alpha value is -2.36. The van der Waals surface area contributed by atoms with Crippen molar-refractivity contribution in [2.45, 2.75) is 50.1 Å². The van der Waals surface area contributed by atoms with Gasteiger partial charge in [-0.25, -0.2) is 4.79 Å². The molecule has 7 rings (SSSR count).